The molecule has 13 aromatic rings. The lowest BCUT2D eigenvalue weighted by atomic mass is 9.98. The Balaban J connectivity index is 0.869. The van der Waals surface area contributed by atoms with Gasteiger partial charge in [-0.2, -0.15) is 0 Å². The normalized spacial score (nSPS) is 11.6. The van der Waals surface area contributed by atoms with Crippen molar-refractivity contribution in [2.45, 2.75) is 0 Å². The number of para-hydroxylation sites is 4. The lowest BCUT2D eigenvalue weighted by molar-refractivity contribution is 0.669. The largest absolute Gasteiger partial charge is 0.456 e. The molecule has 0 unspecified atom stereocenters. The Hall–Kier alpha value is -8.92. The highest BCUT2D eigenvalue weighted by atomic mass is 16.3. The first kappa shape index (κ1) is 38.5. The van der Waals surface area contributed by atoms with Crippen LogP contribution in [0.2, 0.25) is 0 Å². The summed E-state index contributed by atoms with van der Waals surface area (Å²) in [6.45, 7) is 0. The topological polar surface area (TPSA) is 21.3 Å². The van der Waals surface area contributed by atoms with Crippen molar-refractivity contribution < 1.29 is 4.42 Å². The predicted octanol–water partition coefficient (Wildman–Crippen LogP) is 18.0. The molecule has 3 nitrogen and oxygen atoms in total. The maximum absolute atomic E-state index is 6.25. The number of hydrogen-bond donors (Lipinski definition) is 0. The number of nitrogens with zero attached hydrogens (tertiary/aromatic N) is 2. The summed E-state index contributed by atoms with van der Waals surface area (Å²) in [5.74, 6) is 0. The lowest BCUT2D eigenvalue weighted by Gasteiger charge is -2.26. The molecule has 0 saturated carbocycles. The molecule has 2 aromatic heterocycles. The molecule has 2 heterocycles. The average Bonchev–Trinajstić information content (AvgIpc) is 3.95. The van der Waals surface area contributed by atoms with Gasteiger partial charge in [0.25, 0.3) is 0 Å². The summed E-state index contributed by atoms with van der Waals surface area (Å²) in [7, 11) is 0. The molecule has 0 radical (unpaired) electrons. The highest BCUT2D eigenvalue weighted by Gasteiger charge is 2.18. The van der Waals surface area contributed by atoms with E-state index in [1.54, 1.807) is 0 Å². The van der Waals surface area contributed by atoms with Crippen LogP contribution >= 0.6 is 0 Å². The fraction of sp³-hybridized carbons (Fsp3) is 0. The van der Waals surface area contributed by atoms with Crippen molar-refractivity contribution in [1.82, 2.24) is 4.57 Å². The van der Waals surface area contributed by atoms with Crippen LogP contribution in [0.15, 0.2) is 259 Å². The zero-order valence-electron chi connectivity index (χ0n) is 36.6. The van der Waals surface area contributed by atoms with Crippen molar-refractivity contribution >= 4 is 71.6 Å². The van der Waals surface area contributed by atoms with Gasteiger partial charge in [-0.25, -0.2) is 0 Å². The first-order valence-electron chi connectivity index (χ1n) is 22.9. The van der Waals surface area contributed by atoms with Crippen LogP contribution in [-0.2, 0) is 0 Å². The maximum atomic E-state index is 6.25. The van der Waals surface area contributed by atoms with Crippen molar-refractivity contribution in [3.63, 3.8) is 0 Å². The highest BCUT2D eigenvalue weighted by Crippen LogP contribution is 2.41. The Labute approximate surface area is 388 Å². The van der Waals surface area contributed by atoms with Gasteiger partial charge in [0.1, 0.15) is 11.2 Å². The first-order valence-corrected chi connectivity index (χ1v) is 22.9. The molecule has 13 rings (SSSR count). The minimum Gasteiger partial charge on any atom is -0.456 e. The summed E-state index contributed by atoms with van der Waals surface area (Å²) >= 11 is 0. The van der Waals surface area contributed by atoms with Crippen LogP contribution in [0.3, 0.4) is 0 Å². The predicted molar refractivity (Wildman–Crippen MR) is 282 cm³/mol. The minimum absolute atomic E-state index is 0.902. The average molecular weight is 855 g/mol. The van der Waals surface area contributed by atoms with Crippen molar-refractivity contribution in [3.8, 4) is 50.2 Å². The van der Waals surface area contributed by atoms with E-state index in [2.05, 4.69) is 252 Å². The van der Waals surface area contributed by atoms with E-state index in [9.17, 15) is 0 Å². The van der Waals surface area contributed by atoms with E-state index in [4.69, 9.17) is 4.42 Å². The summed E-state index contributed by atoms with van der Waals surface area (Å²) in [4.78, 5) is 2.36. The molecule has 0 fully saturated rings. The third-order valence-electron chi connectivity index (χ3n) is 13.4. The molecule has 0 aliphatic heterocycles. The summed E-state index contributed by atoms with van der Waals surface area (Å²) in [6, 6.07) is 92.0. The standard InChI is InChI=1S/C64H42N2O/c1-2-13-47-41-50(25-24-43(47)12-1)45-28-35-53(36-29-45)65(52-33-26-44(27-34-52)48-14-11-15-49(40-48)51-32-39-59-58-19-6-10-23-63(58)67-64(59)42-51)54-37-30-46(31-38-54)55-16-3-7-20-60(55)66-61-21-8-4-17-56(61)57-18-5-9-22-62(57)66/h1-42H. The summed E-state index contributed by atoms with van der Waals surface area (Å²) in [5.41, 5.74) is 17.9. The molecule has 0 amide bonds. The van der Waals surface area contributed by atoms with Crippen LogP contribution in [0, 0.1) is 0 Å². The molecule has 0 aliphatic carbocycles. The monoisotopic (exact) mass is 854 g/mol. The fourth-order valence-corrected chi connectivity index (χ4v) is 10.1. The Morgan fingerprint density at radius 1 is 0.284 bits per heavy atom. The zero-order chi connectivity index (χ0) is 44.3. The molecular formula is C64H42N2O. The Morgan fingerprint density at radius 2 is 0.761 bits per heavy atom. The number of furan rings is 1. The van der Waals surface area contributed by atoms with E-state index < -0.39 is 0 Å². The van der Waals surface area contributed by atoms with Crippen LogP contribution in [0.25, 0.3) is 105 Å². The molecule has 67 heavy (non-hydrogen) atoms. The molecule has 0 spiro atoms. The van der Waals surface area contributed by atoms with E-state index in [0.717, 1.165) is 72.5 Å². The molecule has 11 aromatic carbocycles. The molecular weight excluding hydrogens is 813 g/mol. The van der Waals surface area contributed by atoms with Crippen LogP contribution in [0.1, 0.15) is 0 Å². The van der Waals surface area contributed by atoms with Gasteiger partial charge in [-0.3, -0.25) is 0 Å². The Bertz CT molecular complexity index is 3920. The molecule has 0 saturated heterocycles. The zero-order valence-corrected chi connectivity index (χ0v) is 36.6. The third-order valence-corrected chi connectivity index (χ3v) is 13.4. The van der Waals surface area contributed by atoms with E-state index in [1.165, 1.54) is 49.3 Å². The van der Waals surface area contributed by atoms with Crippen molar-refractivity contribution in [1.29, 1.82) is 0 Å². The van der Waals surface area contributed by atoms with E-state index in [0.29, 0.717) is 0 Å². The van der Waals surface area contributed by atoms with Gasteiger partial charge in [-0.15, -0.1) is 0 Å². The number of rotatable bonds is 8. The SMILES string of the molecule is c1cc(-c2ccc(N(c3ccc(-c4ccc5ccccc5c4)cc3)c3ccc(-c4ccccc4-n4c5ccccc5c5ccccc54)cc3)cc2)cc(-c2ccc3c(c2)oc2ccccc23)c1. The second-order valence-electron chi connectivity index (χ2n) is 17.3. The van der Waals surface area contributed by atoms with Gasteiger partial charge in [0.2, 0.25) is 0 Å². The Kier molecular flexibility index (Phi) is 9.17. The fourth-order valence-electron chi connectivity index (χ4n) is 10.1. The number of aromatic nitrogens is 1. The summed E-state index contributed by atoms with van der Waals surface area (Å²) in [6.07, 6.45) is 0. The molecule has 0 N–H and O–H groups in total. The van der Waals surface area contributed by atoms with Gasteiger partial charge in [-0.05, 0) is 135 Å². The van der Waals surface area contributed by atoms with Crippen LogP contribution in [-0.4, -0.2) is 4.57 Å². The number of fused-ring (bicyclic) bond motifs is 7. The first-order chi connectivity index (χ1) is 33.2. The Morgan fingerprint density at radius 3 is 1.45 bits per heavy atom. The van der Waals surface area contributed by atoms with Crippen LogP contribution in [0.5, 0.6) is 0 Å². The number of hydrogen-bond acceptors (Lipinski definition) is 2. The number of anilines is 3. The van der Waals surface area contributed by atoms with Crippen molar-refractivity contribution in [2.24, 2.45) is 0 Å². The van der Waals surface area contributed by atoms with E-state index >= 15 is 0 Å². The van der Waals surface area contributed by atoms with E-state index in [1.807, 2.05) is 12.1 Å². The van der Waals surface area contributed by atoms with Crippen molar-refractivity contribution in [2.75, 3.05) is 4.90 Å². The quantitative estimate of drug-likeness (QED) is 0.152. The van der Waals surface area contributed by atoms with Gasteiger partial charge in [-0.1, -0.05) is 170 Å². The summed E-state index contributed by atoms with van der Waals surface area (Å²) < 4.78 is 8.66. The minimum atomic E-state index is 0.902. The smallest absolute Gasteiger partial charge is 0.136 e. The summed E-state index contributed by atoms with van der Waals surface area (Å²) in [5, 5.41) is 7.27. The number of benzene rings is 11. The van der Waals surface area contributed by atoms with Crippen LogP contribution < -0.4 is 4.90 Å². The van der Waals surface area contributed by atoms with Crippen LogP contribution in [0.4, 0.5) is 17.1 Å². The van der Waals surface area contributed by atoms with Crippen molar-refractivity contribution in [3.05, 3.63) is 255 Å². The second kappa shape index (κ2) is 16.0. The van der Waals surface area contributed by atoms with E-state index in [-0.39, 0.29) is 0 Å². The molecule has 0 bridgehead atoms. The lowest BCUT2D eigenvalue weighted by Crippen LogP contribution is -2.09. The second-order valence-corrected chi connectivity index (χ2v) is 17.3. The van der Waals surface area contributed by atoms with Gasteiger partial charge >= 0.3 is 0 Å². The maximum Gasteiger partial charge on any atom is 0.136 e. The molecule has 0 atom stereocenters. The molecule has 3 heteroatoms. The van der Waals surface area contributed by atoms with Gasteiger partial charge in [0.05, 0.1) is 16.7 Å². The van der Waals surface area contributed by atoms with Gasteiger partial charge < -0.3 is 13.9 Å². The van der Waals surface area contributed by atoms with Gasteiger partial charge in [0, 0.05) is 44.2 Å². The third kappa shape index (κ3) is 6.76. The molecule has 314 valence electrons. The van der Waals surface area contributed by atoms with Gasteiger partial charge in [0.15, 0.2) is 0 Å². The molecule has 0 aliphatic rings. The highest BCUT2D eigenvalue weighted by molar-refractivity contribution is 6.10.